The predicted octanol–water partition coefficient (Wildman–Crippen LogP) is 3.45. The maximum atomic E-state index is 12.2. The molecule has 0 radical (unpaired) electrons. The van der Waals surface area contributed by atoms with E-state index in [0.29, 0.717) is 10.6 Å². The summed E-state index contributed by atoms with van der Waals surface area (Å²) in [6.07, 6.45) is 1.32. The van der Waals surface area contributed by atoms with Gasteiger partial charge in [-0.15, -0.1) is 0 Å². The number of hydrogen-bond acceptors (Lipinski definition) is 5. The molecule has 0 aliphatic carbocycles. The average molecular weight is 432 g/mol. The van der Waals surface area contributed by atoms with E-state index < -0.39 is 24.4 Å². The number of amides is 2. The van der Waals surface area contributed by atoms with Gasteiger partial charge in [0.1, 0.15) is 6.54 Å². The minimum Gasteiger partial charge on any atom is -0.454 e. The van der Waals surface area contributed by atoms with Crippen molar-refractivity contribution in [2.24, 2.45) is 0 Å². The Labute approximate surface area is 176 Å². The first-order valence-electron chi connectivity index (χ1n) is 8.46. The number of halogens is 2. The maximum Gasteiger partial charge on any atom is 0.325 e. The van der Waals surface area contributed by atoms with Gasteiger partial charge in [0.15, 0.2) is 12.4 Å². The number of ether oxygens (including phenoxy) is 1. The highest BCUT2D eigenvalue weighted by atomic mass is 35.5. The first-order valence-corrected chi connectivity index (χ1v) is 9.21. The lowest BCUT2D eigenvalue weighted by Gasteiger charge is -2.08. The van der Waals surface area contributed by atoms with E-state index in [2.05, 4.69) is 15.6 Å². The molecular formula is C20H15Cl2N3O4. The molecular weight excluding hydrogens is 417 g/mol. The SMILES string of the molecule is O=C(COC(=O)CNC(=O)c1ccc2ccccc2c1)Nc1ncc(Cl)cc1Cl. The zero-order valence-corrected chi connectivity index (χ0v) is 16.5. The van der Waals surface area contributed by atoms with Crippen LogP contribution in [0.15, 0.2) is 54.7 Å². The summed E-state index contributed by atoms with van der Waals surface area (Å²) in [6, 6.07) is 14.2. The molecule has 0 aliphatic heterocycles. The van der Waals surface area contributed by atoms with E-state index in [1.165, 1.54) is 12.3 Å². The number of esters is 1. The van der Waals surface area contributed by atoms with E-state index in [9.17, 15) is 14.4 Å². The summed E-state index contributed by atoms with van der Waals surface area (Å²) in [5.41, 5.74) is 0.415. The highest BCUT2D eigenvalue weighted by Gasteiger charge is 2.13. The summed E-state index contributed by atoms with van der Waals surface area (Å²) in [5, 5.41) is 7.24. The lowest BCUT2D eigenvalue weighted by Crippen LogP contribution is -2.32. The first-order chi connectivity index (χ1) is 13.9. The van der Waals surface area contributed by atoms with Crippen molar-refractivity contribution < 1.29 is 19.1 Å². The molecule has 0 atom stereocenters. The lowest BCUT2D eigenvalue weighted by molar-refractivity contribution is -0.146. The number of nitrogens with zero attached hydrogens (tertiary/aromatic N) is 1. The second-order valence-corrected chi connectivity index (χ2v) is 6.78. The van der Waals surface area contributed by atoms with Crippen LogP contribution < -0.4 is 10.6 Å². The van der Waals surface area contributed by atoms with Gasteiger partial charge in [-0.2, -0.15) is 0 Å². The third-order valence-corrected chi connectivity index (χ3v) is 4.33. The zero-order valence-electron chi connectivity index (χ0n) is 14.9. The van der Waals surface area contributed by atoms with Gasteiger partial charge in [-0.25, -0.2) is 4.98 Å². The van der Waals surface area contributed by atoms with Crippen molar-refractivity contribution in [3.8, 4) is 0 Å². The van der Waals surface area contributed by atoms with Gasteiger partial charge in [-0.05, 0) is 29.0 Å². The molecule has 0 saturated carbocycles. The summed E-state index contributed by atoms with van der Waals surface area (Å²) in [6.45, 7) is -0.926. The number of anilines is 1. The molecule has 2 aromatic carbocycles. The number of rotatable bonds is 6. The van der Waals surface area contributed by atoms with E-state index in [0.717, 1.165) is 10.8 Å². The van der Waals surface area contributed by atoms with E-state index in [4.69, 9.17) is 27.9 Å². The Morgan fingerprint density at radius 1 is 1.00 bits per heavy atom. The van der Waals surface area contributed by atoms with Crippen molar-refractivity contribution in [3.05, 3.63) is 70.3 Å². The second-order valence-electron chi connectivity index (χ2n) is 5.94. The third-order valence-electron chi connectivity index (χ3n) is 3.83. The molecule has 3 aromatic rings. The Bertz CT molecular complexity index is 1090. The Morgan fingerprint density at radius 3 is 2.52 bits per heavy atom. The molecule has 0 bridgehead atoms. The minimum absolute atomic E-state index is 0.0988. The van der Waals surface area contributed by atoms with Crippen molar-refractivity contribution in [2.75, 3.05) is 18.5 Å². The van der Waals surface area contributed by atoms with Crippen LogP contribution in [0.2, 0.25) is 10.0 Å². The van der Waals surface area contributed by atoms with Crippen LogP contribution in [0.3, 0.4) is 0 Å². The quantitative estimate of drug-likeness (QED) is 0.582. The summed E-state index contributed by atoms with van der Waals surface area (Å²) < 4.78 is 4.83. The monoisotopic (exact) mass is 431 g/mol. The molecule has 0 spiro atoms. The number of aromatic nitrogens is 1. The largest absolute Gasteiger partial charge is 0.454 e. The summed E-state index contributed by atoms with van der Waals surface area (Å²) in [4.78, 5) is 39.7. The molecule has 7 nitrogen and oxygen atoms in total. The van der Waals surface area contributed by atoms with Gasteiger partial charge in [-0.3, -0.25) is 14.4 Å². The first kappa shape index (κ1) is 20.6. The second kappa shape index (κ2) is 9.36. The molecule has 0 aliphatic rings. The molecule has 2 N–H and O–H groups in total. The maximum absolute atomic E-state index is 12.2. The molecule has 0 saturated heterocycles. The fraction of sp³-hybridized carbons (Fsp3) is 0.100. The van der Waals surface area contributed by atoms with Crippen LogP contribution in [-0.4, -0.2) is 35.9 Å². The van der Waals surface area contributed by atoms with Crippen LogP contribution in [-0.2, 0) is 14.3 Å². The van der Waals surface area contributed by atoms with Crippen molar-refractivity contribution in [1.82, 2.24) is 10.3 Å². The Balaban J connectivity index is 1.46. The summed E-state index contributed by atoms with van der Waals surface area (Å²) in [5.74, 6) is -1.71. The van der Waals surface area contributed by atoms with E-state index in [1.807, 2.05) is 30.3 Å². The van der Waals surface area contributed by atoms with Crippen LogP contribution in [0.1, 0.15) is 10.4 Å². The van der Waals surface area contributed by atoms with Gasteiger partial charge in [0.05, 0.1) is 10.0 Å². The van der Waals surface area contributed by atoms with Crippen LogP contribution in [0, 0.1) is 0 Å². The van der Waals surface area contributed by atoms with Gasteiger partial charge in [0.2, 0.25) is 0 Å². The van der Waals surface area contributed by atoms with Gasteiger partial charge in [0.25, 0.3) is 11.8 Å². The highest BCUT2D eigenvalue weighted by molar-refractivity contribution is 6.36. The van der Waals surface area contributed by atoms with Crippen molar-refractivity contribution >= 4 is 57.6 Å². The summed E-state index contributed by atoms with van der Waals surface area (Å²) in [7, 11) is 0. The Morgan fingerprint density at radius 2 is 1.76 bits per heavy atom. The van der Waals surface area contributed by atoms with Gasteiger partial charge in [-0.1, -0.05) is 53.5 Å². The summed E-state index contributed by atoms with van der Waals surface area (Å²) >= 11 is 11.6. The topological polar surface area (TPSA) is 97.4 Å². The fourth-order valence-electron chi connectivity index (χ4n) is 2.46. The predicted molar refractivity (Wildman–Crippen MR) is 110 cm³/mol. The molecule has 0 fully saturated rings. The number of hydrogen-bond donors (Lipinski definition) is 2. The molecule has 0 unspecified atom stereocenters. The molecule has 29 heavy (non-hydrogen) atoms. The van der Waals surface area contributed by atoms with E-state index in [1.54, 1.807) is 12.1 Å². The zero-order chi connectivity index (χ0) is 20.8. The number of carbonyl (C=O) groups excluding carboxylic acids is 3. The van der Waals surface area contributed by atoms with Gasteiger partial charge < -0.3 is 15.4 Å². The fourth-order valence-corrected chi connectivity index (χ4v) is 2.88. The number of nitrogens with one attached hydrogen (secondary N) is 2. The van der Waals surface area contributed by atoms with Crippen molar-refractivity contribution in [1.29, 1.82) is 0 Å². The van der Waals surface area contributed by atoms with Crippen LogP contribution in [0.5, 0.6) is 0 Å². The molecule has 1 aromatic heterocycles. The number of fused-ring (bicyclic) bond motifs is 1. The minimum atomic E-state index is -0.760. The van der Waals surface area contributed by atoms with Crippen molar-refractivity contribution in [3.63, 3.8) is 0 Å². The Hall–Kier alpha value is -3.16. The molecule has 148 valence electrons. The number of carbonyl (C=O) groups is 3. The standard InChI is InChI=1S/C20H15Cl2N3O4/c21-15-8-16(22)19(23-9-15)25-17(26)11-29-18(27)10-24-20(28)14-6-5-12-3-1-2-4-13(12)7-14/h1-9H,10-11H2,(H,24,28)(H,23,25,26). The highest BCUT2D eigenvalue weighted by Crippen LogP contribution is 2.22. The number of benzene rings is 2. The van der Waals surface area contributed by atoms with Crippen LogP contribution >= 0.6 is 23.2 Å². The lowest BCUT2D eigenvalue weighted by atomic mass is 10.1. The van der Waals surface area contributed by atoms with E-state index >= 15 is 0 Å². The normalized spacial score (nSPS) is 10.4. The smallest absolute Gasteiger partial charge is 0.325 e. The molecule has 9 heteroatoms. The molecule has 2 amide bonds. The number of pyridine rings is 1. The van der Waals surface area contributed by atoms with Crippen LogP contribution in [0.4, 0.5) is 5.82 Å². The van der Waals surface area contributed by atoms with E-state index in [-0.39, 0.29) is 17.4 Å². The molecule has 1 heterocycles. The van der Waals surface area contributed by atoms with Crippen LogP contribution in [0.25, 0.3) is 10.8 Å². The van der Waals surface area contributed by atoms with Crippen molar-refractivity contribution in [2.45, 2.75) is 0 Å². The Kier molecular flexibility index (Phi) is 6.64. The third kappa shape index (κ3) is 5.66. The molecule has 3 rings (SSSR count). The van der Waals surface area contributed by atoms with Gasteiger partial charge >= 0.3 is 5.97 Å². The van der Waals surface area contributed by atoms with Gasteiger partial charge in [0, 0.05) is 11.8 Å². The average Bonchev–Trinajstić information content (AvgIpc) is 2.72.